The molecule has 2 heterocycles. The van der Waals surface area contributed by atoms with Gasteiger partial charge in [0.15, 0.2) is 0 Å². The van der Waals surface area contributed by atoms with E-state index in [9.17, 15) is 8.78 Å². The predicted octanol–water partition coefficient (Wildman–Crippen LogP) is 4.73. The van der Waals surface area contributed by atoms with E-state index in [1.165, 1.54) is 0 Å². The molecular weight excluding hydrogens is 356 g/mol. The minimum absolute atomic E-state index is 0.265. The average molecular weight is 368 g/mol. The minimum Gasteiger partial charge on any atom is -0.482 e. The molecule has 3 rings (SSSR count). The molecule has 0 bridgehead atoms. The van der Waals surface area contributed by atoms with E-state index in [4.69, 9.17) is 4.74 Å². The van der Waals surface area contributed by atoms with Crippen molar-refractivity contribution in [3.8, 4) is 5.75 Å². The summed E-state index contributed by atoms with van der Waals surface area (Å²) in [6, 6.07) is 8.81. The van der Waals surface area contributed by atoms with Crippen LogP contribution in [0.5, 0.6) is 5.75 Å². The normalized spacial score (nSPS) is 12.8. The van der Waals surface area contributed by atoms with Crippen LogP contribution in [0.4, 0.5) is 8.78 Å². The van der Waals surface area contributed by atoms with E-state index in [1.807, 2.05) is 19.1 Å². The van der Waals surface area contributed by atoms with Crippen LogP contribution in [0, 0.1) is 0 Å². The van der Waals surface area contributed by atoms with Crippen LogP contribution in [0.2, 0.25) is 0 Å². The number of hydrogen-bond acceptors (Lipinski definition) is 3. The summed E-state index contributed by atoms with van der Waals surface area (Å²) in [7, 11) is 0. The second-order valence-electron chi connectivity index (χ2n) is 4.72. The fourth-order valence-corrected chi connectivity index (χ4v) is 2.63. The molecule has 0 saturated heterocycles. The van der Waals surface area contributed by atoms with Crippen LogP contribution in [0.1, 0.15) is 25.3 Å². The van der Waals surface area contributed by atoms with E-state index < -0.39 is 6.55 Å². The van der Waals surface area contributed by atoms with Gasteiger partial charge in [0.25, 0.3) is 0 Å². The standard InChI is InChI=1S/C15H12BrF2N3O/c1-9(11-4-2-3-5-19-11)22-13-7-10(16)6-12-14(13)21(8-20-12)15(17)18/h2-9,15H,1H3/t9-/m1/s1. The Kier molecular flexibility index (Phi) is 4.06. The van der Waals surface area contributed by atoms with Gasteiger partial charge in [0.2, 0.25) is 0 Å². The SMILES string of the molecule is C[C@@H](Oc1cc(Br)cc2ncn(C(F)F)c12)c1ccccn1. The van der Waals surface area contributed by atoms with Crippen molar-refractivity contribution in [2.75, 3.05) is 0 Å². The van der Waals surface area contributed by atoms with Crippen molar-refractivity contribution in [3.05, 3.63) is 53.0 Å². The van der Waals surface area contributed by atoms with Gasteiger partial charge in [-0.2, -0.15) is 8.78 Å². The third-order valence-corrected chi connectivity index (χ3v) is 3.68. The Balaban J connectivity index is 2.04. The van der Waals surface area contributed by atoms with Gasteiger partial charge < -0.3 is 4.74 Å². The smallest absolute Gasteiger partial charge is 0.320 e. The van der Waals surface area contributed by atoms with Gasteiger partial charge in [0.05, 0.1) is 11.2 Å². The molecule has 0 unspecified atom stereocenters. The van der Waals surface area contributed by atoms with Gasteiger partial charge in [-0.25, -0.2) is 4.98 Å². The van der Waals surface area contributed by atoms with Gasteiger partial charge in [-0.15, -0.1) is 0 Å². The zero-order chi connectivity index (χ0) is 15.7. The summed E-state index contributed by atoms with van der Waals surface area (Å²) in [5, 5.41) is 0. The van der Waals surface area contributed by atoms with Crippen molar-refractivity contribution in [1.29, 1.82) is 0 Å². The lowest BCUT2D eigenvalue weighted by molar-refractivity contribution is 0.0737. The van der Waals surface area contributed by atoms with Gasteiger partial charge >= 0.3 is 6.55 Å². The van der Waals surface area contributed by atoms with Gasteiger partial charge in [0, 0.05) is 10.7 Å². The molecule has 0 radical (unpaired) electrons. The number of nitrogens with zero attached hydrogens (tertiary/aromatic N) is 3. The molecule has 22 heavy (non-hydrogen) atoms. The topological polar surface area (TPSA) is 39.9 Å². The lowest BCUT2D eigenvalue weighted by Gasteiger charge is -2.16. The highest BCUT2D eigenvalue weighted by Gasteiger charge is 2.18. The van der Waals surface area contributed by atoms with Crippen LogP contribution in [-0.4, -0.2) is 14.5 Å². The summed E-state index contributed by atoms with van der Waals surface area (Å²) in [6.45, 7) is -0.864. The van der Waals surface area contributed by atoms with Crippen LogP contribution in [0.15, 0.2) is 47.3 Å². The molecule has 0 spiro atoms. The number of fused-ring (bicyclic) bond motifs is 1. The zero-order valence-electron chi connectivity index (χ0n) is 11.6. The summed E-state index contributed by atoms with van der Waals surface area (Å²) < 4.78 is 33.6. The summed E-state index contributed by atoms with van der Waals surface area (Å²) in [6.07, 6.45) is 2.40. The van der Waals surface area contributed by atoms with Gasteiger partial charge in [0.1, 0.15) is 23.7 Å². The Morgan fingerprint density at radius 3 is 2.73 bits per heavy atom. The quantitative estimate of drug-likeness (QED) is 0.669. The van der Waals surface area contributed by atoms with Crippen molar-refractivity contribution in [3.63, 3.8) is 0 Å². The van der Waals surface area contributed by atoms with Crippen molar-refractivity contribution >= 4 is 27.0 Å². The Bertz CT molecular complexity index is 792. The van der Waals surface area contributed by atoms with Crippen molar-refractivity contribution in [2.24, 2.45) is 0 Å². The predicted molar refractivity (Wildman–Crippen MR) is 82.0 cm³/mol. The highest BCUT2D eigenvalue weighted by atomic mass is 79.9. The largest absolute Gasteiger partial charge is 0.482 e. The molecule has 0 aliphatic carbocycles. The van der Waals surface area contributed by atoms with E-state index in [1.54, 1.807) is 24.4 Å². The number of pyridine rings is 1. The fourth-order valence-electron chi connectivity index (χ4n) is 2.21. The number of imidazole rings is 1. The number of halogens is 3. The lowest BCUT2D eigenvalue weighted by atomic mass is 10.2. The van der Waals surface area contributed by atoms with Crippen molar-refractivity contribution in [1.82, 2.24) is 14.5 Å². The second-order valence-corrected chi connectivity index (χ2v) is 5.63. The molecule has 0 amide bonds. The first-order valence-electron chi connectivity index (χ1n) is 6.58. The first kappa shape index (κ1) is 14.9. The minimum atomic E-state index is -2.68. The van der Waals surface area contributed by atoms with Gasteiger partial charge in [-0.3, -0.25) is 9.55 Å². The maximum absolute atomic E-state index is 13.1. The van der Waals surface area contributed by atoms with Crippen LogP contribution >= 0.6 is 15.9 Å². The number of aromatic nitrogens is 3. The third-order valence-electron chi connectivity index (χ3n) is 3.22. The molecule has 0 aliphatic rings. The molecule has 4 nitrogen and oxygen atoms in total. The van der Waals surface area contributed by atoms with Crippen molar-refractivity contribution in [2.45, 2.75) is 19.6 Å². The molecule has 7 heteroatoms. The number of alkyl halides is 2. The Morgan fingerprint density at radius 2 is 2.05 bits per heavy atom. The first-order chi connectivity index (χ1) is 10.6. The van der Waals surface area contributed by atoms with Crippen LogP contribution in [0.25, 0.3) is 11.0 Å². The van der Waals surface area contributed by atoms with E-state index in [0.717, 1.165) is 16.6 Å². The number of rotatable bonds is 4. The van der Waals surface area contributed by atoms with E-state index in [-0.39, 0.29) is 11.6 Å². The summed E-state index contributed by atoms with van der Waals surface area (Å²) in [4.78, 5) is 8.21. The lowest BCUT2D eigenvalue weighted by Crippen LogP contribution is -2.06. The van der Waals surface area contributed by atoms with Crippen LogP contribution in [0.3, 0.4) is 0 Å². The fraction of sp³-hybridized carbons (Fsp3) is 0.200. The van der Waals surface area contributed by atoms with Crippen LogP contribution < -0.4 is 4.74 Å². The van der Waals surface area contributed by atoms with E-state index in [0.29, 0.717) is 15.7 Å². The highest BCUT2D eigenvalue weighted by molar-refractivity contribution is 9.10. The zero-order valence-corrected chi connectivity index (χ0v) is 13.2. The highest BCUT2D eigenvalue weighted by Crippen LogP contribution is 2.34. The molecule has 0 saturated carbocycles. The molecule has 2 aromatic heterocycles. The average Bonchev–Trinajstić information content (AvgIpc) is 2.92. The molecule has 1 atom stereocenters. The van der Waals surface area contributed by atoms with Gasteiger partial charge in [-0.05, 0) is 31.2 Å². The first-order valence-corrected chi connectivity index (χ1v) is 7.37. The van der Waals surface area contributed by atoms with Crippen molar-refractivity contribution < 1.29 is 13.5 Å². The number of benzene rings is 1. The summed E-state index contributed by atoms with van der Waals surface area (Å²) >= 11 is 3.34. The van der Waals surface area contributed by atoms with Gasteiger partial charge in [-0.1, -0.05) is 22.0 Å². The number of ether oxygens (including phenoxy) is 1. The molecular formula is C15H12BrF2N3O. The summed E-state index contributed by atoms with van der Waals surface area (Å²) in [5.74, 6) is 0.334. The Labute approximate surface area is 133 Å². The molecule has 1 aromatic carbocycles. The van der Waals surface area contributed by atoms with Crippen LogP contribution in [-0.2, 0) is 0 Å². The second kappa shape index (κ2) is 6.00. The Hall–Kier alpha value is -2.02. The van der Waals surface area contributed by atoms with E-state index in [2.05, 4.69) is 25.9 Å². The third kappa shape index (κ3) is 2.81. The molecule has 0 fully saturated rings. The van der Waals surface area contributed by atoms with E-state index >= 15 is 0 Å². The molecule has 0 N–H and O–H groups in total. The molecule has 0 aliphatic heterocycles. The maximum atomic E-state index is 13.1. The summed E-state index contributed by atoms with van der Waals surface area (Å²) in [5.41, 5.74) is 1.43. The molecule has 114 valence electrons. The maximum Gasteiger partial charge on any atom is 0.320 e. The number of hydrogen-bond donors (Lipinski definition) is 0. The monoisotopic (exact) mass is 367 g/mol. The Morgan fingerprint density at radius 1 is 1.23 bits per heavy atom. The molecule has 3 aromatic rings.